The summed E-state index contributed by atoms with van der Waals surface area (Å²) in [5, 5.41) is 0. The van der Waals surface area contributed by atoms with Gasteiger partial charge in [-0.25, -0.2) is 0 Å². The van der Waals surface area contributed by atoms with E-state index in [2.05, 4.69) is 0 Å². The Morgan fingerprint density at radius 1 is 0.351 bits per heavy atom. The lowest BCUT2D eigenvalue weighted by atomic mass is 9.12. The second kappa shape index (κ2) is 19.8. The minimum Gasteiger partial charge on any atom is -0.287 e. The van der Waals surface area contributed by atoms with Gasteiger partial charge in [0.2, 0.25) is 18.1 Å². The molecule has 1 aromatic heterocycles. The van der Waals surface area contributed by atoms with Crippen molar-refractivity contribution in [2.24, 2.45) is 0 Å². The third kappa shape index (κ3) is 13.1. The molecule has 6 aromatic rings. The molecule has 0 unspecified atom stereocenters. The van der Waals surface area contributed by atoms with Gasteiger partial charge >= 0.3 is 55.4 Å². The molecule has 0 aliphatic heterocycles. The van der Waals surface area contributed by atoms with Crippen molar-refractivity contribution in [3.63, 3.8) is 0 Å². The predicted molar refractivity (Wildman–Crippen MR) is 207 cm³/mol. The van der Waals surface area contributed by atoms with Crippen LogP contribution in [0.2, 0.25) is 0 Å². The Morgan fingerprint density at radius 3 is 0.824 bits per heavy atom. The Morgan fingerprint density at radius 2 is 0.595 bits per heavy atom. The number of hydrogen-bond donors (Lipinski definition) is 0. The minimum absolute atomic E-state index is 0.215. The van der Waals surface area contributed by atoms with Crippen LogP contribution in [-0.4, -0.2) is 11.9 Å². The monoisotopic (exact) mass is 1100 g/mol. The van der Waals surface area contributed by atoms with Gasteiger partial charge in [0.15, 0.2) is 6.20 Å². The fraction of sp³-hybridized carbons (Fsp3) is 0.200. The van der Waals surface area contributed by atoms with Gasteiger partial charge in [0.25, 0.3) is 0 Å². The Balaban J connectivity index is 0.000000500. The molecule has 0 atom stereocenters. The number of pyridine rings is 1. The fourth-order valence-corrected chi connectivity index (χ4v) is 7.57. The van der Waals surface area contributed by atoms with E-state index in [9.17, 15) is 119 Å². The van der Waals surface area contributed by atoms with Gasteiger partial charge in [-0.2, -0.15) is 136 Å². The van der Waals surface area contributed by atoms with Crippen molar-refractivity contribution < 1.29 is 124 Å². The lowest BCUT2D eigenvalue weighted by molar-refractivity contribution is -0.713. The molecular weight excluding hydrogens is 1080 g/mol. The number of halogens is 26. The SMILES string of the molecule is FC(F)(F)c1cc([B-](c2cc(C(F)(F)F)cc(C(F)(F)F)c2)(c2cc(C(F)(F)F)cc(C(F)(F)F)c2)c2cc(C(F)(F)F)cc(C(F)(F)F)c2)cc(C(F)(F)F)c1.O=C(C[n+]1cccc(F)c1F)c1ccccc1. The normalized spacial score (nSPS) is 13.4. The summed E-state index contributed by atoms with van der Waals surface area (Å²) in [4.78, 5) is 11.8. The number of carbonyl (C=O) groups excluding carboxylic acids is 1. The molecule has 0 spiro atoms. The first-order valence-electron chi connectivity index (χ1n) is 19.7. The molecule has 5 aromatic carbocycles. The van der Waals surface area contributed by atoms with Gasteiger partial charge in [0.1, 0.15) is 6.15 Å². The van der Waals surface area contributed by atoms with E-state index in [1.54, 1.807) is 30.3 Å². The number of aromatic nitrogens is 1. The van der Waals surface area contributed by atoms with Gasteiger partial charge in [-0.05, 0) is 30.3 Å². The van der Waals surface area contributed by atoms with E-state index in [4.69, 9.17) is 0 Å². The van der Waals surface area contributed by atoms with Crippen LogP contribution in [0.15, 0.2) is 121 Å². The zero-order valence-electron chi connectivity index (χ0n) is 35.5. The zero-order chi connectivity index (χ0) is 56.2. The molecule has 2 nitrogen and oxygen atoms in total. The number of ketones is 1. The third-order valence-corrected chi connectivity index (χ3v) is 10.8. The minimum atomic E-state index is -6.13. The molecule has 0 aliphatic rings. The van der Waals surface area contributed by atoms with Crippen LogP contribution in [0.25, 0.3) is 0 Å². The number of rotatable bonds is 7. The quantitative estimate of drug-likeness (QED) is 0.0513. The molecule has 0 bridgehead atoms. The Bertz CT molecular complexity index is 2570. The molecular formula is C45H22BF26NO. The maximum Gasteiger partial charge on any atom is 0.416 e. The molecule has 0 N–H and O–H groups in total. The molecule has 398 valence electrons. The van der Waals surface area contributed by atoms with E-state index in [0.717, 1.165) is 10.6 Å². The molecule has 0 saturated heterocycles. The number of hydrogen-bond acceptors (Lipinski definition) is 1. The second-order valence-corrected chi connectivity index (χ2v) is 15.8. The van der Waals surface area contributed by atoms with Gasteiger partial charge in [0, 0.05) is 11.6 Å². The van der Waals surface area contributed by atoms with E-state index in [1.165, 1.54) is 12.3 Å². The van der Waals surface area contributed by atoms with Crippen molar-refractivity contribution in [1.29, 1.82) is 0 Å². The van der Waals surface area contributed by atoms with Gasteiger partial charge < -0.3 is 0 Å². The molecule has 0 amide bonds. The summed E-state index contributed by atoms with van der Waals surface area (Å²) in [5.41, 5.74) is -29.7. The van der Waals surface area contributed by atoms with Crippen molar-refractivity contribution in [1.82, 2.24) is 0 Å². The summed E-state index contributed by atoms with van der Waals surface area (Å²) in [6.07, 6.45) is -53.5. The van der Waals surface area contributed by atoms with Crippen LogP contribution in [-0.2, 0) is 56.0 Å². The highest BCUT2D eigenvalue weighted by Gasteiger charge is 2.47. The number of alkyl halides is 24. The zero-order valence-corrected chi connectivity index (χ0v) is 35.5. The van der Waals surface area contributed by atoms with Gasteiger partial charge in [-0.1, -0.05) is 78.9 Å². The Kier molecular flexibility index (Phi) is 15.5. The standard InChI is InChI=1S/C32H12BF24.C13H10F2NO/c34-25(35,36)13-1-14(26(37,38)39)6-21(5-13)33(22-7-15(27(40,41)42)2-16(8-22)28(43,44)45,23-9-17(29(46,47)48)3-18(10-23)30(49,50)51)24-11-19(31(52,53)54)4-20(12-24)32(55,56)57;14-11-7-4-8-16(13(11)15)9-12(17)10-5-2-1-3-6-10/h1-12H;1-8H,9H2/q-1;+1. The van der Waals surface area contributed by atoms with Gasteiger partial charge in [-0.3, -0.25) is 4.79 Å². The Labute approximate surface area is 396 Å². The van der Waals surface area contributed by atoms with Crippen LogP contribution in [0.3, 0.4) is 0 Å². The number of nitrogens with zero attached hydrogens (tertiary/aromatic N) is 1. The van der Waals surface area contributed by atoms with Crippen molar-refractivity contribution in [2.75, 3.05) is 0 Å². The lowest BCUT2D eigenvalue weighted by Crippen LogP contribution is -2.75. The predicted octanol–water partition coefficient (Wildman–Crippen LogP) is 13.3. The van der Waals surface area contributed by atoms with Crippen LogP contribution < -0.4 is 26.4 Å². The molecule has 0 saturated carbocycles. The van der Waals surface area contributed by atoms with Crippen LogP contribution >= 0.6 is 0 Å². The highest BCUT2D eigenvalue weighted by Crippen LogP contribution is 2.41. The molecule has 6 rings (SSSR count). The number of carbonyl (C=O) groups is 1. The van der Waals surface area contributed by atoms with Crippen LogP contribution in [0.1, 0.15) is 54.9 Å². The summed E-state index contributed by atoms with van der Waals surface area (Å²) >= 11 is 0. The smallest absolute Gasteiger partial charge is 0.287 e. The fourth-order valence-electron chi connectivity index (χ4n) is 7.57. The maximum absolute atomic E-state index is 14.2. The molecule has 29 heteroatoms. The van der Waals surface area contributed by atoms with E-state index < -0.39 is 206 Å². The van der Waals surface area contributed by atoms with Crippen LogP contribution in [0, 0.1) is 11.8 Å². The van der Waals surface area contributed by atoms with Crippen LogP contribution in [0.5, 0.6) is 0 Å². The average Bonchev–Trinajstić information content (AvgIpc) is 3.26. The third-order valence-electron chi connectivity index (χ3n) is 10.8. The van der Waals surface area contributed by atoms with Crippen LogP contribution in [0.4, 0.5) is 114 Å². The van der Waals surface area contributed by atoms with Gasteiger partial charge in [0.05, 0.1) is 44.5 Å². The summed E-state index contributed by atoms with van der Waals surface area (Å²) in [6, 6.07) is 2.07. The summed E-state index contributed by atoms with van der Waals surface area (Å²) in [6.45, 7) is -0.215. The van der Waals surface area contributed by atoms with E-state index >= 15 is 0 Å². The van der Waals surface area contributed by atoms with E-state index in [0.29, 0.717) is 5.56 Å². The lowest BCUT2D eigenvalue weighted by Gasteiger charge is -2.46. The molecule has 74 heavy (non-hydrogen) atoms. The Hall–Kier alpha value is -6.84. The van der Waals surface area contributed by atoms with Crippen molar-refractivity contribution in [3.8, 4) is 0 Å². The van der Waals surface area contributed by atoms with Crippen molar-refractivity contribution in [2.45, 2.75) is 56.0 Å². The first-order chi connectivity index (χ1) is 33.4. The summed E-state index contributed by atoms with van der Waals surface area (Å²) in [5.74, 6) is -2.26. The molecule has 0 fully saturated rings. The topological polar surface area (TPSA) is 20.9 Å². The first-order valence-corrected chi connectivity index (χ1v) is 19.7. The summed E-state index contributed by atoms with van der Waals surface area (Å²) in [7, 11) is 0. The molecule has 0 aliphatic carbocycles. The van der Waals surface area contributed by atoms with E-state index in [1.807, 2.05) is 0 Å². The maximum atomic E-state index is 14.2. The summed E-state index contributed by atoms with van der Waals surface area (Å²) < 4.78 is 368. The number of benzene rings is 5. The van der Waals surface area contributed by atoms with Crippen molar-refractivity contribution in [3.05, 3.63) is 183 Å². The number of Topliss-reactive ketones (excluding diaryl/α,β-unsaturated/α-hetero) is 1. The highest BCUT2D eigenvalue weighted by atomic mass is 19.4. The molecule has 1 heterocycles. The average molecular weight is 1100 g/mol. The van der Waals surface area contributed by atoms with Crippen molar-refractivity contribution >= 4 is 33.8 Å². The molecule has 0 radical (unpaired) electrons. The van der Waals surface area contributed by atoms with Gasteiger partial charge in [-0.15, -0.1) is 4.39 Å². The highest BCUT2D eigenvalue weighted by molar-refractivity contribution is 7.20. The largest absolute Gasteiger partial charge is 0.416 e. The van der Waals surface area contributed by atoms with E-state index in [-0.39, 0.29) is 12.3 Å². The first kappa shape index (κ1) is 58.1. The second-order valence-electron chi connectivity index (χ2n) is 15.8.